The van der Waals surface area contributed by atoms with Crippen LogP contribution < -0.4 is 0 Å². The lowest BCUT2D eigenvalue weighted by atomic mass is 9.89. The van der Waals surface area contributed by atoms with E-state index in [2.05, 4.69) is 0 Å². The van der Waals surface area contributed by atoms with Crippen molar-refractivity contribution in [3.05, 3.63) is 0 Å². The molecular formula is C9H12O4. The summed E-state index contributed by atoms with van der Waals surface area (Å²) in [5.41, 5.74) is 0. The predicted molar refractivity (Wildman–Crippen MR) is 42.1 cm³/mol. The standard InChI is InChI=1S/C9H12O4/c1-2-11-9(10)4-3-5-7-8(13-7)6(4)12-5/h4-8H,2-3H2,1H3. The lowest BCUT2D eigenvalue weighted by molar-refractivity contribution is -0.150. The van der Waals surface area contributed by atoms with E-state index in [9.17, 15) is 4.79 Å². The second-order valence-corrected chi connectivity index (χ2v) is 3.80. The summed E-state index contributed by atoms with van der Waals surface area (Å²) in [6.45, 7) is 2.27. The minimum absolute atomic E-state index is 0.0194. The third-order valence-electron chi connectivity index (χ3n) is 3.06. The molecule has 0 N–H and O–H groups in total. The van der Waals surface area contributed by atoms with Crippen molar-refractivity contribution in [1.82, 2.24) is 0 Å². The lowest BCUT2D eigenvalue weighted by Crippen LogP contribution is -2.31. The first-order valence-corrected chi connectivity index (χ1v) is 4.79. The highest BCUT2D eigenvalue weighted by atomic mass is 16.7. The zero-order valence-corrected chi connectivity index (χ0v) is 7.43. The highest BCUT2D eigenvalue weighted by molar-refractivity contribution is 5.74. The lowest BCUT2D eigenvalue weighted by Gasteiger charge is -2.14. The Morgan fingerprint density at radius 2 is 2.23 bits per heavy atom. The van der Waals surface area contributed by atoms with Crippen LogP contribution in [0.25, 0.3) is 0 Å². The van der Waals surface area contributed by atoms with Crippen molar-refractivity contribution in [3.63, 3.8) is 0 Å². The topological polar surface area (TPSA) is 48.1 Å². The van der Waals surface area contributed by atoms with E-state index in [1.165, 1.54) is 0 Å². The average molecular weight is 184 g/mol. The normalized spacial score (nSPS) is 50.4. The molecule has 0 radical (unpaired) electrons. The van der Waals surface area contributed by atoms with Crippen LogP contribution in [0, 0.1) is 5.92 Å². The van der Waals surface area contributed by atoms with Gasteiger partial charge in [0.15, 0.2) is 0 Å². The van der Waals surface area contributed by atoms with Gasteiger partial charge < -0.3 is 14.2 Å². The third-order valence-corrected chi connectivity index (χ3v) is 3.06. The minimum Gasteiger partial charge on any atom is -0.466 e. The minimum atomic E-state index is -0.121. The Labute approximate surface area is 76.1 Å². The van der Waals surface area contributed by atoms with Crippen LogP contribution in [-0.4, -0.2) is 37.0 Å². The molecule has 3 aliphatic heterocycles. The van der Waals surface area contributed by atoms with Crippen LogP contribution in [0.1, 0.15) is 13.3 Å². The maximum absolute atomic E-state index is 11.4. The molecule has 4 heteroatoms. The number of carbonyl (C=O) groups is 1. The molecule has 0 saturated carbocycles. The van der Waals surface area contributed by atoms with E-state index in [0.29, 0.717) is 6.61 Å². The molecule has 3 saturated heterocycles. The molecule has 3 rings (SSSR count). The monoisotopic (exact) mass is 184 g/mol. The number of epoxide rings is 1. The van der Waals surface area contributed by atoms with Crippen molar-refractivity contribution in [2.24, 2.45) is 5.92 Å². The fraction of sp³-hybridized carbons (Fsp3) is 0.889. The van der Waals surface area contributed by atoms with E-state index in [1.54, 1.807) is 0 Å². The van der Waals surface area contributed by atoms with E-state index >= 15 is 0 Å². The van der Waals surface area contributed by atoms with Gasteiger partial charge in [-0.1, -0.05) is 0 Å². The summed E-state index contributed by atoms with van der Waals surface area (Å²) in [4.78, 5) is 11.4. The molecule has 0 aromatic heterocycles. The predicted octanol–water partition coefficient (Wildman–Crippen LogP) is 0.104. The number of carbonyl (C=O) groups excluding carboxylic acids is 1. The first-order valence-electron chi connectivity index (χ1n) is 4.79. The molecule has 72 valence electrons. The molecule has 0 aliphatic carbocycles. The average Bonchev–Trinajstić information content (AvgIpc) is 2.72. The van der Waals surface area contributed by atoms with E-state index < -0.39 is 0 Å². The smallest absolute Gasteiger partial charge is 0.311 e. The van der Waals surface area contributed by atoms with Crippen LogP contribution in [0.4, 0.5) is 0 Å². The van der Waals surface area contributed by atoms with Crippen LogP contribution in [0.5, 0.6) is 0 Å². The highest BCUT2D eigenvalue weighted by Crippen LogP contribution is 2.51. The van der Waals surface area contributed by atoms with E-state index in [4.69, 9.17) is 14.2 Å². The Morgan fingerprint density at radius 3 is 2.85 bits per heavy atom. The van der Waals surface area contributed by atoms with Crippen molar-refractivity contribution in [1.29, 1.82) is 0 Å². The highest BCUT2D eigenvalue weighted by Gasteiger charge is 2.66. The van der Waals surface area contributed by atoms with Crippen LogP contribution in [-0.2, 0) is 19.0 Å². The zero-order valence-electron chi connectivity index (χ0n) is 7.43. The van der Waals surface area contributed by atoms with Crippen LogP contribution in [0.3, 0.4) is 0 Å². The molecule has 5 atom stereocenters. The van der Waals surface area contributed by atoms with Gasteiger partial charge in [0.25, 0.3) is 0 Å². The van der Waals surface area contributed by atoms with Gasteiger partial charge in [-0.15, -0.1) is 0 Å². The molecule has 13 heavy (non-hydrogen) atoms. The molecule has 0 aromatic rings. The van der Waals surface area contributed by atoms with Crippen molar-refractivity contribution < 1.29 is 19.0 Å². The number of rotatable bonds is 2. The zero-order chi connectivity index (χ0) is 9.00. The van der Waals surface area contributed by atoms with Crippen LogP contribution in [0.2, 0.25) is 0 Å². The summed E-state index contributed by atoms with van der Waals surface area (Å²) in [7, 11) is 0. The fourth-order valence-corrected chi connectivity index (χ4v) is 2.43. The van der Waals surface area contributed by atoms with E-state index in [0.717, 1.165) is 6.42 Å². The molecule has 2 bridgehead atoms. The second kappa shape index (κ2) is 2.45. The number of ether oxygens (including phenoxy) is 3. The molecule has 3 heterocycles. The molecule has 5 unspecified atom stereocenters. The fourth-order valence-electron chi connectivity index (χ4n) is 2.43. The number of esters is 1. The van der Waals surface area contributed by atoms with Gasteiger partial charge in [0, 0.05) is 0 Å². The SMILES string of the molecule is CCOC(=O)C1CC2OC1C1OC21. The summed E-state index contributed by atoms with van der Waals surface area (Å²) in [5.74, 6) is -0.197. The molecule has 0 spiro atoms. The third kappa shape index (κ3) is 0.957. The van der Waals surface area contributed by atoms with Gasteiger partial charge in [0.2, 0.25) is 0 Å². The Morgan fingerprint density at radius 1 is 1.38 bits per heavy atom. The Kier molecular flexibility index (Phi) is 1.46. The van der Waals surface area contributed by atoms with Crippen LogP contribution in [0.15, 0.2) is 0 Å². The first-order chi connectivity index (χ1) is 6.31. The number of fused-ring (bicyclic) bond motifs is 5. The van der Waals surface area contributed by atoms with Gasteiger partial charge in [-0.2, -0.15) is 0 Å². The van der Waals surface area contributed by atoms with Crippen LogP contribution >= 0.6 is 0 Å². The largest absolute Gasteiger partial charge is 0.466 e. The van der Waals surface area contributed by atoms with Gasteiger partial charge in [0.1, 0.15) is 18.3 Å². The Bertz CT molecular complexity index is 252. The van der Waals surface area contributed by atoms with Gasteiger partial charge in [-0.05, 0) is 13.3 Å². The summed E-state index contributed by atoms with van der Waals surface area (Å²) < 4.78 is 15.9. The second-order valence-electron chi connectivity index (χ2n) is 3.80. The molecule has 3 fully saturated rings. The summed E-state index contributed by atoms with van der Waals surface area (Å²) in [6, 6.07) is 0. The quantitative estimate of drug-likeness (QED) is 0.451. The van der Waals surface area contributed by atoms with Crippen molar-refractivity contribution in [2.45, 2.75) is 37.8 Å². The maximum Gasteiger partial charge on any atom is 0.311 e. The van der Waals surface area contributed by atoms with Gasteiger partial charge >= 0.3 is 5.97 Å². The first kappa shape index (κ1) is 7.76. The summed E-state index contributed by atoms with van der Waals surface area (Å²) >= 11 is 0. The van der Waals surface area contributed by atoms with Crippen molar-refractivity contribution >= 4 is 5.97 Å². The molecule has 0 amide bonds. The maximum atomic E-state index is 11.4. The van der Waals surface area contributed by atoms with Gasteiger partial charge in [-0.3, -0.25) is 4.79 Å². The number of hydrogen-bond acceptors (Lipinski definition) is 4. The Balaban J connectivity index is 1.70. The molecule has 4 nitrogen and oxygen atoms in total. The number of hydrogen-bond donors (Lipinski definition) is 0. The van der Waals surface area contributed by atoms with Gasteiger partial charge in [0.05, 0.1) is 18.6 Å². The van der Waals surface area contributed by atoms with E-state index in [1.807, 2.05) is 6.92 Å². The molecular weight excluding hydrogens is 172 g/mol. The van der Waals surface area contributed by atoms with Crippen molar-refractivity contribution in [3.8, 4) is 0 Å². The van der Waals surface area contributed by atoms with Crippen molar-refractivity contribution in [2.75, 3.05) is 6.61 Å². The molecule has 0 aromatic carbocycles. The summed E-state index contributed by atoms with van der Waals surface area (Å²) in [5, 5.41) is 0. The van der Waals surface area contributed by atoms with E-state index in [-0.39, 0.29) is 36.3 Å². The summed E-state index contributed by atoms with van der Waals surface area (Å²) in [6.07, 6.45) is 1.40. The van der Waals surface area contributed by atoms with Gasteiger partial charge in [-0.25, -0.2) is 0 Å². The molecule has 3 aliphatic rings. The Hall–Kier alpha value is -0.610.